The molecule has 0 spiro atoms. The molecule has 0 amide bonds. The summed E-state index contributed by atoms with van der Waals surface area (Å²) in [6.07, 6.45) is 4.48. The molecule has 2 rings (SSSR count). The Morgan fingerprint density at radius 1 is 1.17 bits per heavy atom. The van der Waals surface area contributed by atoms with Crippen LogP contribution in [0.1, 0.15) is 30.5 Å². The number of hydrogen-bond acceptors (Lipinski definition) is 4. The van der Waals surface area contributed by atoms with Crippen LogP contribution in [-0.4, -0.2) is 30.5 Å². The van der Waals surface area contributed by atoms with Gasteiger partial charge in [-0.15, -0.1) is 0 Å². The van der Waals surface area contributed by atoms with Gasteiger partial charge in [-0.05, 0) is 69.7 Å². The predicted octanol–water partition coefficient (Wildman–Crippen LogP) is 3.21. The second kappa shape index (κ2) is 7.75. The molecule has 0 fully saturated rings. The van der Waals surface area contributed by atoms with Gasteiger partial charge in [0.1, 0.15) is 5.41 Å². The van der Waals surface area contributed by atoms with E-state index in [4.69, 9.17) is 5.73 Å². The Kier molecular flexibility index (Phi) is 5.72. The van der Waals surface area contributed by atoms with Crippen molar-refractivity contribution in [1.29, 1.82) is 5.26 Å². The normalized spacial score (nSPS) is 13.5. The third kappa shape index (κ3) is 4.08. The Bertz CT molecular complexity index is 661. The van der Waals surface area contributed by atoms with Crippen molar-refractivity contribution in [2.24, 2.45) is 0 Å². The number of nitrogen functional groups attached to an aromatic ring is 1. The zero-order valence-corrected chi connectivity index (χ0v) is 13.9. The Morgan fingerprint density at radius 3 is 2.61 bits per heavy atom. The first kappa shape index (κ1) is 17.0. The fourth-order valence-corrected chi connectivity index (χ4v) is 2.84. The molecule has 0 radical (unpaired) electrons. The lowest BCUT2D eigenvalue weighted by Crippen LogP contribution is -2.27. The molecule has 23 heavy (non-hydrogen) atoms. The van der Waals surface area contributed by atoms with Gasteiger partial charge in [0.25, 0.3) is 0 Å². The van der Waals surface area contributed by atoms with E-state index in [1.165, 1.54) is 0 Å². The fraction of sp³-hybridized carbons (Fsp3) is 0.368. The number of nitrogens with zero attached hydrogens (tertiary/aromatic N) is 3. The van der Waals surface area contributed by atoms with Crippen molar-refractivity contribution in [2.45, 2.75) is 24.7 Å². The molecule has 0 aliphatic rings. The minimum absolute atomic E-state index is 0.673. The maximum atomic E-state index is 10.0. The number of unbranched alkanes of at least 4 members (excludes halogenated alkanes) is 1. The molecule has 1 aromatic heterocycles. The summed E-state index contributed by atoms with van der Waals surface area (Å²) < 4.78 is 0. The van der Waals surface area contributed by atoms with E-state index in [0.29, 0.717) is 5.69 Å². The third-order valence-electron chi connectivity index (χ3n) is 4.08. The predicted molar refractivity (Wildman–Crippen MR) is 93.9 cm³/mol. The van der Waals surface area contributed by atoms with E-state index in [1.54, 1.807) is 6.20 Å². The first-order valence-electron chi connectivity index (χ1n) is 7.92. The van der Waals surface area contributed by atoms with Crippen LogP contribution in [-0.2, 0) is 5.41 Å². The highest BCUT2D eigenvalue weighted by Crippen LogP contribution is 2.36. The van der Waals surface area contributed by atoms with Gasteiger partial charge in [0, 0.05) is 11.9 Å². The molecule has 0 saturated heterocycles. The van der Waals surface area contributed by atoms with Crippen molar-refractivity contribution in [2.75, 3.05) is 26.4 Å². The standard InChI is InChI=1S/C19H24N4/c1-23(2)13-6-4-11-19(15-20,18-10-3-5-12-22-18)16-8-7-9-17(21)14-16/h3,5,7-10,12,14H,4,6,11,13,21H2,1-2H3. The van der Waals surface area contributed by atoms with Crippen LogP contribution in [0, 0.1) is 11.3 Å². The molecule has 0 aliphatic heterocycles. The number of hydrogen-bond donors (Lipinski definition) is 1. The molecule has 0 aliphatic carbocycles. The Labute approximate surface area is 138 Å². The summed E-state index contributed by atoms with van der Waals surface area (Å²) in [6.45, 7) is 1.01. The van der Waals surface area contributed by atoms with Crippen LogP contribution < -0.4 is 5.73 Å². The molecule has 4 nitrogen and oxygen atoms in total. The van der Waals surface area contributed by atoms with E-state index in [9.17, 15) is 5.26 Å². The van der Waals surface area contributed by atoms with E-state index in [2.05, 4.69) is 30.0 Å². The van der Waals surface area contributed by atoms with Gasteiger partial charge in [0.2, 0.25) is 0 Å². The highest BCUT2D eigenvalue weighted by Gasteiger charge is 2.35. The number of rotatable bonds is 7. The minimum Gasteiger partial charge on any atom is -0.399 e. The van der Waals surface area contributed by atoms with Gasteiger partial charge < -0.3 is 10.6 Å². The summed E-state index contributed by atoms with van der Waals surface area (Å²) in [5.74, 6) is 0. The second-order valence-electron chi connectivity index (χ2n) is 6.12. The van der Waals surface area contributed by atoms with Crippen LogP contribution in [0.3, 0.4) is 0 Å². The largest absolute Gasteiger partial charge is 0.399 e. The molecule has 0 bridgehead atoms. The number of aromatic nitrogens is 1. The molecule has 1 heterocycles. The highest BCUT2D eigenvalue weighted by molar-refractivity contribution is 5.50. The van der Waals surface area contributed by atoms with Crippen molar-refractivity contribution in [3.63, 3.8) is 0 Å². The lowest BCUT2D eigenvalue weighted by molar-refractivity contribution is 0.383. The number of nitrogens with two attached hydrogens (primary N) is 1. The lowest BCUT2D eigenvalue weighted by atomic mass is 9.74. The third-order valence-corrected chi connectivity index (χ3v) is 4.08. The highest BCUT2D eigenvalue weighted by atomic mass is 15.0. The van der Waals surface area contributed by atoms with Crippen LogP contribution in [0.5, 0.6) is 0 Å². The van der Waals surface area contributed by atoms with E-state index >= 15 is 0 Å². The van der Waals surface area contributed by atoms with E-state index in [1.807, 2.05) is 42.5 Å². The zero-order chi connectivity index (χ0) is 16.7. The molecular weight excluding hydrogens is 284 g/mol. The van der Waals surface area contributed by atoms with Gasteiger partial charge in [0.15, 0.2) is 0 Å². The molecule has 0 saturated carbocycles. The Morgan fingerprint density at radius 2 is 2.00 bits per heavy atom. The summed E-state index contributed by atoms with van der Waals surface area (Å²) in [6, 6.07) is 15.9. The average molecular weight is 308 g/mol. The summed E-state index contributed by atoms with van der Waals surface area (Å²) in [4.78, 5) is 6.63. The molecular formula is C19H24N4. The van der Waals surface area contributed by atoms with Gasteiger partial charge >= 0.3 is 0 Å². The summed E-state index contributed by atoms with van der Waals surface area (Å²) in [5.41, 5.74) is 7.58. The Hall–Kier alpha value is -2.38. The zero-order valence-electron chi connectivity index (χ0n) is 13.9. The van der Waals surface area contributed by atoms with Crippen molar-refractivity contribution >= 4 is 5.69 Å². The molecule has 1 atom stereocenters. The molecule has 1 aromatic carbocycles. The lowest BCUT2D eigenvalue weighted by Gasteiger charge is -2.27. The van der Waals surface area contributed by atoms with Crippen LogP contribution in [0.4, 0.5) is 5.69 Å². The molecule has 1 unspecified atom stereocenters. The molecule has 2 aromatic rings. The monoisotopic (exact) mass is 308 g/mol. The van der Waals surface area contributed by atoms with Crippen molar-refractivity contribution in [1.82, 2.24) is 9.88 Å². The summed E-state index contributed by atoms with van der Waals surface area (Å²) in [7, 11) is 4.13. The first-order valence-corrected chi connectivity index (χ1v) is 7.92. The number of nitriles is 1. The minimum atomic E-state index is -0.747. The van der Waals surface area contributed by atoms with Crippen molar-refractivity contribution in [3.05, 3.63) is 59.9 Å². The topological polar surface area (TPSA) is 65.9 Å². The van der Waals surface area contributed by atoms with Crippen LogP contribution in [0.15, 0.2) is 48.7 Å². The van der Waals surface area contributed by atoms with Gasteiger partial charge in [-0.25, -0.2) is 0 Å². The molecule has 2 N–H and O–H groups in total. The van der Waals surface area contributed by atoms with Crippen molar-refractivity contribution < 1.29 is 0 Å². The average Bonchev–Trinajstić information content (AvgIpc) is 2.56. The van der Waals surface area contributed by atoms with Crippen LogP contribution >= 0.6 is 0 Å². The van der Waals surface area contributed by atoms with E-state index in [0.717, 1.165) is 37.1 Å². The smallest absolute Gasteiger partial charge is 0.124 e. The molecule has 4 heteroatoms. The van der Waals surface area contributed by atoms with Gasteiger partial charge in [0.05, 0.1) is 11.8 Å². The SMILES string of the molecule is CN(C)CCCCC(C#N)(c1cccc(N)c1)c1ccccn1. The summed E-state index contributed by atoms with van der Waals surface area (Å²) >= 11 is 0. The number of anilines is 1. The number of benzene rings is 1. The second-order valence-corrected chi connectivity index (χ2v) is 6.12. The molecule has 120 valence electrons. The van der Waals surface area contributed by atoms with Crippen LogP contribution in [0.25, 0.3) is 0 Å². The maximum Gasteiger partial charge on any atom is 0.124 e. The van der Waals surface area contributed by atoms with E-state index in [-0.39, 0.29) is 0 Å². The quantitative estimate of drug-likeness (QED) is 0.630. The van der Waals surface area contributed by atoms with Gasteiger partial charge in [-0.2, -0.15) is 5.26 Å². The van der Waals surface area contributed by atoms with E-state index < -0.39 is 5.41 Å². The number of pyridine rings is 1. The first-order chi connectivity index (χ1) is 11.1. The summed E-state index contributed by atoms with van der Waals surface area (Å²) in [5, 5.41) is 10.0. The Balaban J connectivity index is 2.36. The van der Waals surface area contributed by atoms with Crippen LogP contribution in [0.2, 0.25) is 0 Å². The van der Waals surface area contributed by atoms with Gasteiger partial charge in [-0.1, -0.05) is 18.2 Å². The fourth-order valence-electron chi connectivity index (χ4n) is 2.84. The van der Waals surface area contributed by atoms with Crippen molar-refractivity contribution in [3.8, 4) is 6.07 Å². The maximum absolute atomic E-state index is 10.0. The van der Waals surface area contributed by atoms with Gasteiger partial charge in [-0.3, -0.25) is 4.98 Å².